The zero-order valence-electron chi connectivity index (χ0n) is 9.93. The van der Waals surface area contributed by atoms with Gasteiger partial charge in [0, 0.05) is 0 Å². The van der Waals surface area contributed by atoms with Gasteiger partial charge in [-0.15, -0.1) is 0 Å². The number of ether oxygens (including phenoxy) is 1. The zero-order valence-corrected chi connectivity index (χ0v) is 10.7. The second kappa shape index (κ2) is 6.89. The van der Waals surface area contributed by atoms with Gasteiger partial charge in [0.15, 0.2) is 0 Å². The quantitative estimate of drug-likeness (QED) is 0.818. The van der Waals surface area contributed by atoms with E-state index in [0.717, 1.165) is 25.0 Å². The molecule has 94 valence electrons. The van der Waals surface area contributed by atoms with Crippen LogP contribution in [-0.2, 0) is 11.3 Å². The van der Waals surface area contributed by atoms with Crippen molar-refractivity contribution < 1.29 is 9.57 Å². The number of hydrogen-bond acceptors (Lipinski definition) is 4. The monoisotopic (exact) mass is 253 g/mol. The van der Waals surface area contributed by atoms with Crippen LogP contribution in [0.4, 0.5) is 0 Å². The maximum atomic E-state index is 5.95. The Morgan fingerprint density at radius 1 is 1.18 bits per heavy atom. The van der Waals surface area contributed by atoms with Gasteiger partial charge in [-0.05, 0) is 48.5 Å². The van der Waals surface area contributed by atoms with Crippen LogP contribution in [0, 0.1) is 0 Å². The minimum absolute atomic E-state index is 0.398. The molecular weight excluding hydrogens is 234 g/mol. The Labute approximate surface area is 107 Å². The van der Waals surface area contributed by atoms with Crippen molar-refractivity contribution in [3.05, 3.63) is 29.8 Å². The van der Waals surface area contributed by atoms with Crippen molar-refractivity contribution in [1.29, 1.82) is 0 Å². The van der Waals surface area contributed by atoms with Crippen molar-refractivity contribution in [2.24, 2.45) is 5.90 Å². The zero-order chi connectivity index (χ0) is 11.9. The molecule has 4 heteroatoms. The van der Waals surface area contributed by atoms with Crippen LogP contribution in [0.25, 0.3) is 0 Å². The van der Waals surface area contributed by atoms with Crippen molar-refractivity contribution in [1.82, 2.24) is 0 Å². The van der Waals surface area contributed by atoms with Crippen molar-refractivity contribution >= 4 is 11.8 Å². The topological polar surface area (TPSA) is 44.5 Å². The third kappa shape index (κ3) is 4.22. The molecule has 0 saturated carbocycles. The third-order valence-electron chi connectivity index (χ3n) is 2.90. The van der Waals surface area contributed by atoms with Crippen LogP contribution in [-0.4, -0.2) is 24.2 Å². The minimum atomic E-state index is 0.398. The molecule has 1 aliphatic rings. The molecule has 0 radical (unpaired) electrons. The Bertz CT molecular complexity index is 323. The normalized spacial score (nSPS) is 17.0. The molecule has 0 aromatic heterocycles. The van der Waals surface area contributed by atoms with E-state index in [2.05, 4.69) is 17.0 Å². The van der Waals surface area contributed by atoms with Gasteiger partial charge < -0.3 is 9.57 Å². The van der Waals surface area contributed by atoms with Gasteiger partial charge in [-0.3, -0.25) is 0 Å². The van der Waals surface area contributed by atoms with Gasteiger partial charge in [-0.1, -0.05) is 12.1 Å². The lowest BCUT2D eigenvalue weighted by Crippen LogP contribution is -2.22. The van der Waals surface area contributed by atoms with Crippen LogP contribution in [0.1, 0.15) is 18.4 Å². The summed E-state index contributed by atoms with van der Waals surface area (Å²) >= 11 is 2.02. The number of hydrogen-bond donors (Lipinski definition) is 1. The molecule has 0 amide bonds. The van der Waals surface area contributed by atoms with E-state index in [9.17, 15) is 0 Å². The minimum Gasteiger partial charge on any atom is -0.490 e. The van der Waals surface area contributed by atoms with Gasteiger partial charge in [0.05, 0.1) is 6.61 Å². The first-order valence-corrected chi connectivity index (χ1v) is 7.19. The molecule has 3 nitrogen and oxygen atoms in total. The maximum Gasteiger partial charge on any atom is 0.119 e. The highest BCUT2D eigenvalue weighted by Crippen LogP contribution is 2.22. The van der Waals surface area contributed by atoms with E-state index in [1.807, 2.05) is 23.9 Å². The summed E-state index contributed by atoms with van der Waals surface area (Å²) in [7, 11) is 0. The SMILES string of the molecule is NOCCc1ccc(OC2CCSCC2)cc1. The molecule has 2 rings (SSSR count). The lowest BCUT2D eigenvalue weighted by Gasteiger charge is -2.22. The lowest BCUT2D eigenvalue weighted by atomic mass is 10.1. The molecule has 17 heavy (non-hydrogen) atoms. The van der Waals surface area contributed by atoms with Crippen LogP contribution < -0.4 is 10.6 Å². The first-order chi connectivity index (χ1) is 8.38. The van der Waals surface area contributed by atoms with Gasteiger partial charge in [-0.2, -0.15) is 11.8 Å². The Morgan fingerprint density at radius 2 is 1.88 bits per heavy atom. The molecule has 1 fully saturated rings. The molecule has 0 bridgehead atoms. The first-order valence-electron chi connectivity index (χ1n) is 6.03. The first kappa shape index (κ1) is 12.7. The fourth-order valence-corrected chi connectivity index (χ4v) is 2.96. The average molecular weight is 253 g/mol. The largest absolute Gasteiger partial charge is 0.490 e. The van der Waals surface area contributed by atoms with Gasteiger partial charge >= 0.3 is 0 Å². The smallest absolute Gasteiger partial charge is 0.119 e. The highest BCUT2D eigenvalue weighted by atomic mass is 32.2. The van der Waals surface area contributed by atoms with Crippen LogP contribution in [0.5, 0.6) is 5.75 Å². The molecule has 0 spiro atoms. The Hall–Kier alpha value is -0.710. The maximum absolute atomic E-state index is 5.95. The summed E-state index contributed by atoms with van der Waals surface area (Å²) in [4.78, 5) is 4.56. The highest BCUT2D eigenvalue weighted by molar-refractivity contribution is 7.99. The van der Waals surface area contributed by atoms with E-state index in [1.54, 1.807) is 0 Å². The summed E-state index contributed by atoms with van der Waals surface area (Å²) in [6.07, 6.45) is 3.56. The van der Waals surface area contributed by atoms with E-state index >= 15 is 0 Å². The van der Waals surface area contributed by atoms with Gasteiger partial charge in [0.2, 0.25) is 0 Å². The van der Waals surface area contributed by atoms with Crippen LogP contribution in [0.3, 0.4) is 0 Å². The van der Waals surface area contributed by atoms with Crippen molar-refractivity contribution in [3.8, 4) is 5.75 Å². The molecular formula is C13H19NO2S. The average Bonchev–Trinajstić information content (AvgIpc) is 2.39. The summed E-state index contributed by atoms with van der Waals surface area (Å²) in [6, 6.07) is 8.22. The summed E-state index contributed by atoms with van der Waals surface area (Å²) in [6.45, 7) is 0.556. The van der Waals surface area contributed by atoms with Crippen molar-refractivity contribution in [3.63, 3.8) is 0 Å². The molecule has 1 aromatic rings. The van der Waals surface area contributed by atoms with Crippen LogP contribution >= 0.6 is 11.8 Å². The second-order valence-electron chi connectivity index (χ2n) is 4.19. The number of benzene rings is 1. The Morgan fingerprint density at radius 3 is 2.53 bits per heavy atom. The standard InChI is InChI=1S/C13H19NO2S/c14-15-8-5-11-1-3-12(4-2-11)16-13-6-9-17-10-7-13/h1-4,13H,5-10,14H2. The van der Waals surface area contributed by atoms with Crippen molar-refractivity contribution in [2.45, 2.75) is 25.4 Å². The number of rotatable bonds is 5. The summed E-state index contributed by atoms with van der Waals surface area (Å²) in [5.41, 5.74) is 1.22. The molecule has 0 atom stereocenters. The van der Waals surface area contributed by atoms with Crippen LogP contribution in [0.15, 0.2) is 24.3 Å². The Balaban J connectivity index is 1.84. The highest BCUT2D eigenvalue weighted by Gasteiger charge is 2.14. The molecule has 1 saturated heterocycles. The Kier molecular flexibility index (Phi) is 5.16. The second-order valence-corrected chi connectivity index (χ2v) is 5.42. The van der Waals surface area contributed by atoms with E-state index in [0.29, 0.717) is 12.7 Å². The molecule has 1 aliphatic heterocycles. The molecule has 1 heterocycles. The summed E-state index contributed by atoms with van der Waals surface area (Å²) in [5.74, 6) is 8.41. The summed E-state index contributed by atoms with van der Waals surface area (Å²) in [5, 5.41) is 0. The van der Waals surface area contributed by atoms with Crippen LogP contribution in [0.2, 0.25) is 0 Å². The van der Waals surface area contributed by atoms with E-state index < -0.39 is 0 Å². The predicted octanol–water partition coefficient (Wildman–Crippen LogP) is 2.39. The molecule has 1 aromatic carbocycles. The fraction of sp³-hybridized carbons (Fsp3) is 0.538. The molecule has 0 unspecified atom stereocenters. The summed E-state index contributed by atoms with van der Waals surface area (Å²) < 4.78 is 5.95. The molecule has 0 aliphatic carbocycles. The van der Waals surface area contributed by atoms with Gasteiger partial charge in [-0.25, -0.2) is 5.90 Å². The lowest BCUT2D eigenvalue weighted by molar-refractivity contribution is 0.141. The third-order valence-corrected chi connectivity index (χ3v) is 3.95. The van der Waals surface area contributed by atoms with Crippen molar-refractivity contribution in [2.75, 3.05) is 18.1 Å². The number of nitrogens with two attached hydrogens (primary N) is 1. The fourth-order valence-electron chi connectivity index (χ4n) is 1.90. The van der Waals surface area contributed by atoms with E-state index in [1.165, 1.54) is 17.1 Å². The van der Waals surface area contributed by atoms with Gasteiger partial charge in [0.25, 0.3) is 0 Å². The number of thioether (sulfide) groups is 1. The van der Waals surface area contributed by atoms with E-state index in [4.69, 9.17) is 10.6 Å². The molecule has 2 N–H and O–H groups in total. The van der Waals surface area contributed by atoms with E-state index in [-0.39, 0.29) is 0 Å². The predicted molar refractivity (Wildman–Crippen MR) is 71.3 cm³/mol. The van der Waals surface area contributed by atoms with Gasteiger partial charge in [0.1, 0.15) is 11.9 Å².